The van der Waals surface area contributed by atoms with Crippen molar-refractivity contribution in [2.45, 2.75) is 33.0 Å². The fourth-order valence-electron chi connectivity index (χ4n) is 3.08. The highest BCUT2D eigenvalue weighted by atomic mass is 19.4. The Bertz CT molecular complexity index is 811. The normalized spacial score (nSPS) is 14.3. The number of hydrogen-bond donors (Lipinski definition) is 0. The Morgan fingerprint density at radius 2 is 2.04 bits per heavy atom. The lowest BCUT2D eigenvalue weighted by atomic mass is 10.0. The van der Waals surface area contributed by atoms with E-state index in [1.54, 1.807) is 21.7 Å². The van der Waals surface area contributed by atoms with E-state index >= 15 is 0 Å². The first kappa shape index (κ1) is 16.5. The molecule has 0 radical (unpaired) electrons. The summed E-state index contributed by atoms with van der Waals surface area (Å²) in [6.45, 7) is 4.84. The molecule has 128 valence electrons. The molecule has 2 aromatic rings. The van der Waals surface area contributed by atoms with Gasteiger partial charge in [0.1, 0.15) is 0 Å². The molecular weight excluding hydrogens is 319 g/mol. The van der Waals surface area contributed by atoms with Crippen LogP contribution in [-0.2, 0) is 19.1 Å². The summed E-state index contributed by atoms with van der Waals surface area (Å²) in [5, 5.41) is 0. The zero-order chi connectivity index (χ0) is 17.5. The highest BCUT2D eigenvalue weighted by Crippen LogP contribution is 2.40. The van der Waals surface area contributed by atoms with E-state index in [1.165, 1.54) is 12.3 Å². The molecule has 1 aliphatic heterocycles. The number of benzene rings is 1. The molecule has 1 aromatic carbocycles. The van der Waals surface area contributed by atoms with Gasteiger partial charge in [0, 0.05) is 31.2 Å². The smallest absolute Gasteiger partial charge is 0.321 e. The standard InChI is InChI=1S/C17H18F3N3O/c1-11(2)10-22-9-7-21-15(16(22)24)23-8-6-12-13(17(18,19)20)4-3-5-14(12)23/h3-5,7,9,11H,6,8,10H2,1-2H3. The number of halogens is 3. The van der Waals surface area contributed by atoms with Gasteiger partial charge in [-0.1, -0.05) is 19.9 Å². The van der Waals surface area contributed by atoms with Gasteiger partial charge in [0.25, 0.3) is 5.56 Å². The molecule has 0 fully saturated rings. The zero-order valence-corrected chi connectivity index (χ0v) is 13.5. The van der Waals surface area contributed by atoms with Crippen molar-refractivity contribution in [1.29, 1.82) is 0 Å². The second kappa shape index (κ2) is 5.96. The Labute approximate surface area is 137 Å². The van der Waals surface area contributed by atoms with Crippen LogP contribution in [0.25, 0.3) is 0 Å². The van der Waals surface area contributed by atoms with Crippen molar-refractivity contribution in [3.05, 3.63) is 52.1 Å². The predicted octanol–water partition coefficient (Wildman–Crippen LogP) is 3.61. The van der Waals surface area contributed by atoms with E-state index in [2.05, 4.69) is 4.98 Å². The molecule has 0 saturated heterocycles. The second-order valence-corrected chi connectivity index (χ2v) is 6.30. The van der Waals surface area contributed by atoms with Crippen molar-refractivity contribution in [3.63, 3.8) is 0 Å². The summed E-state index contributed by atoms with van der Waals surface area (Å²) in [4.78, 5) is 18.3. The number of aromatic nitrogens is 2. The molecular formula is C17H18F3N3O. The number of alkyl halides is 3. The van der Waals surface area contributed by atoms with Crippen molar-refractivity contribution in [3.8, 4) is 0 Å². The van der Waals surface area contributed by atoms with Crippen LogP contribution in [0.3, 0.4) is 0 Å². The average molecular weight is 337 g/mol. The minimum Gasteiger partial charge on any atom is -0.321 e. The maximum absolute atomic E-state index is 13.2. The Morgan fingerprint density at radius 1 is 1.29 bits per heavy atom. The largest absolute Gasteiger partial charge is 0.416 e. The number of rotatable bonds is 3. The monoisotopic (exact) mass is 337 g/mol. The van der Waals surface area contributed by atoms with Crippen molar-refractivity contribution < 1.29 is 13.2 Å². The number of anilines is 2. The van der Waals surface area contributed by atoms with Crippen molar-refractivity contribution >= 4 is 11.5 Å². The summed E-state index contributed by atoms with van der Waals surface area (Å²) < 4.78 is 41.0. The van der Waals surface area contributed by atoms with Gasteiger partial charge in [-0.05, 0) is 30.0 Å². The third-order valence-corrected chi connectivity index (χ3v) is 4.05. The van der Waals surface area contributed by atoms with Crippen LogP contribution in [0.4, 0.5) is 24.7 Å². The lowest BCUT2D eigenvalue weighted by Crippen LogP contribution is -2.30. The highest BCUT2D eigenvalue weighted by Gasteiger charge is 2.37. The van der Waals surface area contributed by atoms with Gasteiger partial charge in [-0.25, -0.2) is 4.98 Å². The molecule has 0 bridgehead atoms. The number of fused-ring (bicyclic) bond motifs is 1. The van der Waals surface area contributed by atoms with E-state index in [9.17, 15) is 18.0 Å². The van der Waals surface area contributed by atoms with Gasteiger partial charge < -0.3 is 9.47 Å². The molecule has 0 unspecified atom stereocenters. The summed E-state index contributed by atoms with van der Waals surface area (Å²) in [5.41, 5.74) is -0.278. The van der Waals surface area contributed by atoms with Gasteiger partial charge in [-0.2, -0.15) is 13.2 Å². The Morgan fingerprint density at radius 3 is 2.71 bits per heavy atom. The summed E-state index contributed by atoms with van der Waals surface area (Å²) in [6.07, 6.45) is -1.03. The first-order valence-electron chi connectivity index (χ1n) is 7.81. The molecule has 0 spiro atoms. The molecule has 1 aromatic heterocycles. The molecule has 1 aliphatic rings. The van der Waals surface area contributed by atoms with E-state index in [1.807, 2.05) is 13.8 Å². The maximum Gasteiger partial charge on any atom is 0.416 e. The third kappa shape index (κ3) is 2.90. The quantitative estimate of drug-likeness (QED) is 0.859. The summed E-state index contributed by atoms with van der Waals surface area (Å²) in [6, 6.07) is 4.06. The Kier molecular flexibility index (Phi) is 4.11. The van der Waals surface area contributed by atoms with Gasteiger partial charge >= 0.3 is 6.18 Å². The summed E-state index contributed by atoms with van der Waals surface area (Å²) in [5.74, 6) is 0.455. The lowest BCUT2D eigenvalue weighted by Gasteiger charge is -2.20. The fraction of sp³-hybridized carbons (Fsp3) is 0.412. The topological polar surface area (TPSA) is 38.1 Å². The molecule has 7 heteroatoms. The molecule has 0 N–H and O–H groups in total. The molecule has 2 heterocycles. The van der Waals surface area contributed by atoms with Gasteiger partial charge in [0.15, 0.2) is 5.82 Å². The van der Waals surface area contributed by atoms with Gasteiger partial charge in [0.05, 0.1) is 5.56 Å². The first-order chi connectivity index (χ1) is 11.3. The van der Waals surface area contributed by atoms with Crippen molar-refractivity contribution in [2.24, 2.45) is 5.92 Å². The molecule has 0 aliphatic carbocycles. The SMILES string of the molecule is CC(C)Cn1ccnc(N2CCc3c2cccc3C(F)(F)F)c1=O. The molecule has 0 amide bonds. The fourth-order valence-corrected chi connectivity index (χ4v) is 3.08. The summed E-state index contributed by atoms with van der Waals surface area (Å²) >= 11 is 0. The van der Waals surface area contributed by atoms with Crippen LogP contribution in [0.2, 0.25) is 0 Å². The third-order valence-electron chi connectivity index (χ3n) is 4.05. The van der Waals surface area contributed by atoms with Crippen LogP contribution < -0.4 is 10.5 Å². The van der Waals surface area contributed by atoms with Crippen molar-refractivity contribution in [2.75, 3.05) is 11.4 Å². The van der Waals surface area contributed by atoms with Gasteiger partial charge in [0.2, 0.25) is 0 Å². The second-order valence-electron chi connectivity index (χ2n) is 6.30. The van der Waals surface area contributed by atoms with Crippen LogP contribution in [0, 0.1) is 5.92 Å². The molecule has 0 saturated carbocycles. The van der Waals surface area contributed by atoms with E-state index in [4.69, 9.17) is 0 Å². The highest BCUT2D eigenvalue weighted by molar-refractivity contribution is 5.69. The number of hydrogen-bond acceptors (Lipinski definition) is 3. The first-order valence-corrected chi connectivity index (χ1v) is 7.81. The Balaban J connectivity index is 2.06. The molecule has 24 heavy (non-hydrogen) atoms. The minimum atomic E-state index is -4.40. The average Bonchev–Trinajstić information content (AvgIpc) is 2.91. The van der Waals surface area contributed by atoms with Crippen LogP contribution in [0.15, 0.2) is 35.4 Å². The predicted molar refractivity (Wildman–Crippen MR) is 85.5 cm³/mol. The van der Waals surface area contributed by atoms with E-state index in [0.717, 1.165) is 6.07 Å². The zero-order valence-electron chi connectivity index (χ0n) is 13.5. The molecule has 0 atom stereocenters. The molecule has 3 rings (SSSR count). The number of nitrogens with zero attached hydrogens (tertiary/aromatic N) is 3. The lowest BCUT2D eigenvalue weighted by molar-refractivity contribution is -0.138. The maximum atomic E-state index is 13.2. The van der Waals surface area contributed by atoms with Crippen LogP contribution in [0.5, 0.6) is 0 Å². The Hall–Kier alpha value is -2.31. The van der Waals surface area contributed by atoms with Crippen molar-refractivity contribution in [1.82, 2.24) is 9.55 Å². The van der Waals surface area contributed by atoms with Crippen LogP contribution in [0.1, 0.15) is 25.0 Å². The van der Waals surface area contributed by atoms with Crippen LogP contribution in [-0.4, -0.2) is 16.1 Å². The van der Waals surface area contributed by atoms with Gasteiger partial charge in [-0.3, -0.25) is 4.79 Å². The summed E-state index contributed by atoms with van der Waals surface area (Å²) in [7, 11) is 0. The van der Waals surface area contributed by atoms with E-state index in [-0.39, 0.29) is 29.3 Å². The minimum absolute atomic E-state index is 0.177. The van der Waals surface area contributed by atoms with E-state index < -0.39 is 11.7 Å². The van der Waals surface area contributed by atoms with Crippen LogP contribution >= 0.6 is 0 Å². The molecule has 4 nitrogen and oxygen atoms in total. The van der Waals surface area contributed by atoms with Gasteiger partial charge in [-0.15, -0.1) is 0 Å². The van der Waals surface area contributed by atoms with E-state index in [0.29, 0.717) is 18.8 Å².